The molecule has 0 N–H and O–H groups in total. The molecule has 0 bridgehead atoms. The lowest BCUT2D eigenvalue weighted by Crippen LogP contribution is -1.97. The average molecular weight is 308 g/mol. The molecule has 1 aromatic heterocycles. The van der Waals surface area contributed by atoms with Crippen molar-refractivity contribution in [1.29, 1.82) is 0 Å². The first-order chi connectivity index (χ1) is 10.7. The van der Waals surface area contributed by atoms with Crippen LogP contribution in [0.3, 0.4) is 0 Å². The fourth-order valence-corrected chi connectivity index (χ4v) is 3.18. The maximum absolute atomic E-state index is 12.1. The van der Waals surface area contributed by atoms with Gasteiger partial charge in [-0.05, 0) is 53.3 Å². The second-order valence-corrected chi connectivity index (χ2v) is 5.97. The molecular weight excluding hydrogens is 292 g/mol. The van der Waals surface area contributed by atoms with Gasteiger partial charge >= 0.3 is 0 Å². The Morgan fingerprint density at radius 1 is 1.00 bits per heavy atom. The molecule has 0 spiro atoms. The molecule has 110 valence electrons. The minimum atomic E-state index is 0.0734. The van der Waals surface area contributed by atoms with Crippen molar-refractivity contribution in [2.45, 2.75) is 6.92 Å². The van der Waals surface area contributed by atoms with Crippen LogP contribution in [0.1, 0.15) is 17.3 Å². The van der Waals surface area contributed by atoms with Crippen LogP contribution in [0.4, 0.5) is 0 Å². The van der Waals surface area contributed by atoms with Crippen LogP contribution in [-0.2, 0) is 0 Å². The number of Topliss-reactive ketones (excluding diaryl/α,β-unsaturated/α-hetero) is 1. The lowest BCUT2D eigenvalue weighted by Gasteiger charge is -2.10. The molecule has 3 aromatic rings. The van der Waals surface area contributed by atoms with Crippen LogP contribution in [0.5, 0.6) is 5.75 Å². The lowest BCUT2D eigenvalue weighted by atomic mass is 9.95. The van der Waals surface area contributed by atoms with Crippen molar-refractivity contribution in [3.05, 3.63) is 65.5 Å². The molecule has 3 heteroatoms. The highest BCUT2D eigenvalue weighted by atomic mass is 32.1. The van der Waals surface area contributed by atoms with Gasteiger partial charge in [-0.3, -0.25) is 4.79 Å². The summed E-state index contributed by atoms with van der Waals surface area (Å²) < 4.78 is 5.19. The number of rotatable bonds is 4. The van der Waals surface area contributed by atoms with Crippen molar-refractivity contribution < 1.29 is 9.53 Å². The van der Waals surface area contributed by atoms with Gasteiger partial charge in [-0.1, -0.05) is 30.3 Å². The first-order valence-corrected chi connectivity index (χ1v) is 7.90. The zero-order chi connectivity index (χ0) is 15.5. The van der Waals surface area contributed by atoms with Gasteiger partial charge in [-0.25, -0.2) is 0 Å². The standard InChI is InChI=1S/C19H16O2S/c1-13(20)18-12-15(19-4-3-11-22-19)7-10-17(18)14-5-8-16(21-2)9-6-14/h3-12H,1-2H3. The average Bonchev–Trinajstić information content (AvgIpc) is 3.09. The number of ketones is 1. The van der Waals surface area contributed by atoms with E-state index in [1.54, 1.807) is 25.4 Å². The van der Waals surface area contributed by atoms with Crippen LogP contribution in [-0.4, -0.2) is 12.9 Å². The molecule has 0 fully saturated rings. The van der Waals surface area contributed by atoms with Gasteiger partial charge in [0.1, 0.15) is 5.75 Å². The van der Waals surface area contributed by atoms with Gasteiger partial charge in [0.05, 0.1) is 7.11 Å². The minimum Gasteiger partial charge on any atom is -0.497 e. The van der Waals surface area contributed by atoms with Crippen LogP contribution in [0.15, 0.2) is 60.0 Å². The SMILES string of the molecule is COc1ccc(-c2ccc(-c3cccs3)cc2C(C)=O)cc1. The Labute approximate surface area is 134 Å². The van der Waals surface area contributed by atoms with Crippen molar-refractivity contribution in [3.8, 4) is 27.3 Å². The lowest BCUT2D eigenvalue weighted by molar-refractivity contribution is 0.101. The number of ether oxygens (including phenoxy) is 1. The van der Waals surface area contributed by atoms with E-state index in [0.29, 0.717) is 0 Å². The molecule has 0 aliphatic carbocycles. The monoisotopic (exact) mass is 308 g/mol. The molecule has 3 rings (SSSR count). The summed E-state index contributed by atoms with van der Waals surface area (Å²) in [7, 11) is 1.64. The molecule has 0 aliphatic rings. The summed E-state index contributed by atoms with van der Waals surface area (Å²) in [6.07, 6.45) is 0. The number of carbonyl (C=O) groups is 1. The van der Waals surface area contributed by atoms with Crippen molar-refractivity contribution in [2.75, 3.05) is 7.11 Å². The summed E-state index contributed by atoms with van der Waals surface area (Å²) in [6.45, 7) is 1.61. The second-order valence-electron chi connectivity index (χ2n) is 5.02. The van der Waals surface area contributed by atoms with Crippen LogP contribution < -0.4 is 4.74 Å². The summed E-state index contributed by atoms with van der Waals surface area (Å²) in [5.74, 6) is 0.882. The molecule has 1 heterocycles. The van der Waals surface area contributed by atoms with E-state index in [2.05, 4.69) is 12.1 Å². The normalized spacial score (nSPS) is 10.5. The van der Waals surface area contributed by atoms with E-state index >= 15 is 0 Å². The van der Waals surface area contributed by atoms with Gasteiger partial charge in [0.15, 0.2) is 5.78 Å². The van der Waals surface area contributed by atoms with E-state index in [9.17, 15) is 4.79 Å². The highest BCUT2D eigenvalue weighted by molar-refractivity contribution is 7.13. The molecule has 0 amide bonds. The number of hydrogen-bond acceptors (Lipinski definition) is 3. The molecular formula is C19H16O2S. The van der Waals surface area contributed by atoms with Crippen LogP contribution in [0, 0.1) is 0 Å². The van der Waals surface area contributed by atoms with E-state index in [-0.39, 0.29) is 5.78 Å². The maximum atomic E-state index is 12.1. The predicted molar refractivity (Wildman–Crippen MR) is 91.7 cm³/mol. The number of hydrogen-bond donors (Lipinski definition) is 0. The Bertz CT molecular complexity index is 787. The van der Waals surface area contributed by atoms with Crippen LogP contribution in [0.25, 0.3) is 21.6 Å². The number of methoxy groups -OCH3 is 1. The summed E-state index contributed by atoms with van der Waals surface area (Å²) in [6, 6.07) is 17.9. The van der Waals surface area contributed by atoms with Gasteiger partial charge in [0, 0.05) is 10.4 Å². The third kappa shape index (κ3) is 2.81. The first kappa shape index (κ1) is 14.5. The molecule has 0 aliphatic heterocycles. The fraction of sp³-hybridized carbons (Fsp3) is 0.105. The Balaban J connectivity index is 2.08. The third-order valence-electron chi connectivity index (χ3n) is 3.61. The van der Waals surface area contributed by atoms with E-state index in [1.807, 2.05) is 47.8 Å². The minimum absolute atomic E-state index is 0.0734. The highest BCUT2D eigenvalue weighted by Gasteiger charge is 2.11. The summed E-state index contributed by atoms with van der Waals surface area (Å²) in [5, 5.41) is 2.04. The maximum Gasteiger partial charge on any atom is 0.160 e. The van der Waals surface area contributed by atoms with Crippen molar-refractivity contribution in [1.82, 2.24) is 0 Å². The molecule has 2 nitrogen and oxygen atoms in total. The number of thiophene rings is 1. The fourth-order valence-electron chi connectivity index (χ4n) is 2.45. The summed E-state index contributed by atoms with van der Waals surface area (Å²) >= 11 is 1.68. The molecule has 0 saturated carbocycles. The van der Waals surface area contributed by atoms with Gasteiger partial charge in [-0.2, -0.15) is 0 Å². The van der Waals surface area contributed by atoms with Gasteiger partial charge < -0.3 is 4.74 Å². The van der Waals surface area contributed by atoms with Gasteiger partial charge in [-0.15, -0.1) is 11.3 Å². The molecule has 0 unspecified atom stereocenters. The smallest absolute Gasteiger partial charge is 0.160 e. The van der Waals surface area contributed by atoms with Crippen molar-refractivity contribution in [2.24, 2.45) is 0 Å². The van der Waals surface area contributed by atoms with Gasteiger partial charge in [0.25, 0.3) is 0 Å². The molecule has 0 saturated heterocycles. The molecule has 0 atom stereocenters. The Hall–Kier alpha value is -2.39. The van der Waals surface area contributed by atoms with Crippen molar-refractivity contribution >= 4 is 17.1 Å². The number of benzene rings is 2. The first-order valence-electron chi connectivity index (χ1n) is 7.02. The second kappa shape index (κ2) is 6.16. The number of carbonyl (C=O) groups excluding carboxylic acids is 1. The Morgan fingerprint density at radius 3 is 2.32 bits per heavy atom. The van der Waals surface area contributed by atoms with Crippen LogP contribution >= 0.6 is 11.3 Å². The quantitative estimate of drug-likeness (QED) is 0.612. The summed E-state index contributed by atoms with van der Waals surface area (Å²) in [4.78, 5) is 13.2. The van der Waals surface area contributed by atoms with E-state index < -0.39 is 0 Å². The molecule has 22 heavy (non-hydrogen) atoms. The van der Waals surface area contributed by atoms with Crippen molar-refractivity contribution in [3.63, 3.8) is 0 Å². The Morgan fingerprint density at radius 2 is 1.73 bits per heavy atom. The zero-order valence-electron chi connectivity index (χ0n) is 12.5. The van der Waals surface area contributed by atoms with Crippen LogP contribution in [0.2, 0.25) is 0 Å². The molecule has 2 aromatic carbocycles. The third-order valence-corrected chi connectivity index (χ3v) is 4.52. The Kier molecular flexibility index (Phi) is 4.07. The van der Waals surface area contributed by atoms with Gasteiger partial charge in [0.2, 0.25) is 0 Å². The molecule has 0 radical (unpaired) electrons. The summed E-state index contributed by atoms with van der Waals surface area (Å²) in [5.41, 5.74) is 3.80. The highest BCUT2D eigenvalue weighted by Crippen LogP contribution is 2.32. The predicted octanol–water partition coefficient (Wildman–Crippen LogP) is 5.29. The van der Waals surface area contributed by atoms with E-state index in [0.717, 1.165) is 28.0 Å². The largest absolute Gasteiger partial charge is 0.497 e. The zero-order valence-corrected chi connectivity index (χ0v) is 13.3. The van der Waals surface area contributed by atoms with E-state index in [1.165, 1.54) is 4.88 Å². The topological polar surface area (TPSA) is 26.3 Å². The van der Waals surface area contributed by atoms with E-state index in [4.69, 9.17) is 4.74 Å².